The van der Waals surface area contributed by atoms with Crippen LogP contribution in [-0.4, -0.2) is 17.9 Å². The Kier molecular flexibility index (Phi) is 6.08. The highest BCUT2D eigenvalue weighted by Gasteiger charge is 2.08. The molecule has 1 heterocycles. The van der Waals surface area contributed by atoms with Crippen LogP contribution < -0.4 is 4.74 Å². The molecule has 0 amide bonds. The summed E-state index contributed by atoms with van der Waals surface area (Å²) in [6.07, 6.45) is 7.03. The summed E-state index contributed by atoms with van der Waals surface area (Å²) in [5.74, 6) is 1.46. The predicted molar refractivity (Wildman–Crippen MR) is 123 cm³/mol. The molecule has 0 radical (unpaired) electrons. The molecule has 154 valence electrons. The average Bonchev–Trinajstić information content (AvgIpc) is 3.34. The third-order valence-corrected chi connectivity index (χ3v) is 5.14. The highest BCUT2D eigenvalue weighted by Crippen LogP contribution is 2.29. The van der Waals surface area contributed by atoms with Crippen LogP contribution in [0.15, 0.2) is 89.7 Å². The van der Waals surface area contributed by atoms with E-state index in [1.807, 2.05) is 48.5 Å². The van der Waals surface area contributed by atoms with Gasteiger partial charge in [-0.15, -0.1) is 0 Å². The second-order valence-electron chi connectivity index (χ2n) is 7.31. The summed E-state index contributed by atoms with van der Waals surface area (Å²) in [6.45, 7) is 2.08. The molecule has 4 nitrogen and oxygen atoms in total. The van der Waals surface area contributed by atoms with Crippen molar-refractivity contribution in [2.24, 2.45) is 0 Å². The van der Waals surface area contributed by atoms with Gasteiger partial charge < -0.3 is 9.15 Å². The van der Waals surface area contributed by atoms with E-state index < -0.39 is 0 Å². The topological polar surface area (TPSA) is 52.3 Å². The van der Waals surface area contributed by atoms with E-state index in [1.54, 1.807) is 25.6 Å². The number of allylic oxidation sites excluding steroid dienone is 1. The number of aryl methyl sites for hydroxylation is 1. The number of carbonyl (C=O) groups is 1. The minimum Gasteiger partial charge on any atom is -0.497 e. The van der Waals surface area contributed by atoms with Crippen molar-refractivity contribution in [2.75, 3.05) is 7.11 Å². The number of nitrogens with zero attached hydrogens (tertiary/aromatic N) is 1. The van der Waals surface area contributed by atoms with Crippen molar-refractivity contribution in [3.05, 3.63) is 102 Å². The summed E-state index contributed by atoms with van der Waals surface area (Å²) in [5.41, 5.74) is 6.26. The Morgan fingerprint density at radius 1 is 1.00 bits per heavy atom. The molecule has 0 aliphatic heterocycles. The number of aromatic nitrogens is 1. The number of hydrogen-bond acceptors (Lipinski definition) is 4. The fourth-order valence-electron chi connectivity index (χ4n) is 3.40. The molecule has 1 aromatic heterocycles. The summed E-state index contributed by atoms with van der Waals surface area (Å²) in [7, 11) is 1.63. The van der Waals surface area contributed by atoms with Gasteiger partial charge in [-0.25, -0.2) is 4.98 Å². The first-order valence-corrected chi connectivity index (χ1v) is 10.1. The van der Waals surface area contributed by atoms with Gasteiger partial charge in [0.15, 0.2) is 5.78 Å². The number of ether oxygens (including phenoxy) is 1. The van der Waals surface area contributed by atoms with Crippen molar-refractivity contribution in [1.82, 2.24) is 4.98 Å². The lowest BCUT2D eigenvalue weighted by molar-refractivity contribution is -0.113. The first kappa shape index (κ1) is 20.4. The van der Waals surface area contributed by atoms with Gasteiger partial charge in [-0.2, -0.15) is 0 Å². The largest absolute Gasteiger partial charge is 0.497 e. The molecule has 0 N–H and O–H groups in total. The molecule has 0 aliphatic rings. The lowest BCUT2D eigenvalue weighted by Crippen LogP contribution is -1.98. The van der Waals surface area contributed by atoms with Crippen LogP contribution in [0, 0.1) is 6.92 Å². The van der Waals surface area contributed by atoms with Crippen LogP contribution in [0.4, 0.5) is 0 Å². The highest BCUT2D eigenvalue weighted by atomic mass is 16.5. The van der Waals surface area contributed by atoms with Gasteiger partial charge in [-0.3, -0.25) is 4.79 Å². The van der Waals surface area contributed by atoms with E-state index >= 15 is 0 Å². The predicted octanol–water partition coefficient (Wildman–Crippen LogP) is 6.15. The van der Waals surface area contributed by atoms with Crippen molar-refractivity contribution in [3.63, 3.8) is 0 Å². The Hall–Kier alpha value is -3.92. The summed E-state index contributed by atoms with van der Waals surface area (Å²) in [4.78, 5) is 16.6. The Labute approximate surface area is 181 Å². The number of benzene rings is 3. The molecule has 4 heteroatoms. The molecule has 0 saturated carbocycles. The zero-order valence-corrected chi connectivity index (χ0v) is 17.5. The van der Waals surface area contributed by atoms with Gasteiger partial charge in [0.1, 0.15) is 12.0 Å². The van der Waals surface area contributed by atoms with Gasteiger partial charge >= 0.3 is 0 Å². The van der Waals surface area contributed by atoms with Crippen LogP contribution in [-0.2, 0) is 11.2 Å². The maximum atomic E-state index is 12.4. The van der Waals surface area contributed by atoms with E-state index in [0.29, 0.717) is 12.3 Å². The number of ketones is 1. The van der Waals surface area contributed by atoms with Gasteiger partial charge in [0, 0.05) is 12.0 Å². The Balaban J connectivity index is 1.45. The Bertz CT molecular complexity index is 1190. The summed E-state index contributed by atoms with van der Waals surface area (Å²) in [6, 6.07) is 21.9. The molecule has 0 atom stereocenters. The number of hydrogen-bond donors (Lipinski definition) is 0. The van der Waals surface area contributed by atoms with Crippen molar-refractivity contribution >= 4 is 11.9 Å². The summed E-state index contributed by atoms with van der Waals surface area (Å²) >= 11 is 0. The molecule has 0 bridgehead atoms. The molecule has 0 spiro atoms. The van der Waals surface area contributed by atoms with Gasteiger partial charge in [0.25, 0.3) is 0 Å². The standard InChI is InChI=1S/C27H23NO3/c1-19-3-9-23(27-28-15-16-31-27)18-26(19)22-10-4-21(5-11-22)17-24(29)12-6-20-7-13-25(30-2)14-8-20/h3-16,18H,17H2,1-2H3/b12-6+. The average molecular weight is 409 g/mol. The van der Waals surface area contributed by atoms with Crippen molar-refractivity contribution < 1.29 is 13.9 Å². The summed E-state index contributed by atoms with van der Waals surface area (Å²) in [5, 5.41) is 0. The normalized spacial score (nSPS) is 11.0. The van der Waals surface area contributed by atoms with Crippen LogP contribution >= 0.6 is 0 Å². The molecule has 3 aromatic carbocycles. The Morgan fingerprint density at radius 3 is 2.42 bits per heavy atom. The molecule has 0 unspecified atom stereocenters. The first-order valence-electron chi connectivity index (χ1n) is 10.1. The SMILES string of the molecule is COc1ccc(/C=C/C(=O)Cc2ccc(-c3cc(-c4ncco4)ccc3C)cc2)cc1. The van der Waals surface area contributed by atoms with E-state index in [0.717, 1.165) is 33.6 Å². The molecule has 4 rings (SSSR count). The third kappa shape index (κ3) is 4.98. The van der Waals surface area contributed by atoms with Crippen LogP contribution in [0.25, 0.3) is 28.7 Å². The lowest BCUT2D eigenvalue weighted by atomic mass is 9.96. The van der Waals surface area contributed by atoms with Crippen molar-refractivity contribution in [3.8, 4) is 28.3 Å². The van der Waals surface area contributed by atoms with E-state index in [-0.39, 0.29) is 5.78 Å². The van der Waals surface area contributed by atoms with Crippen molar-refractivity contribution in [1.29, 1.82) is 0 Å². The fraction of sp³-hybridized carbons (Fsp3) is 0.111. The quantitative estimate of drug-likeness (QED) is 0.344. The second-order valence-corrected chi connectivity index (χ2v) is 7.31. The molecule has 0 fully saturated rings. The molecule has 0 saturated heterocycles. The van der Waals surface area contributed by atoms with Gasteiger partial charge in [-0.05, 0) is 65.1 Å². The second kappa shape index (κ2) is 9.26. The molecular formula is C27H23NO3. The lowest BCUT2D eigenvalue weighted by Gasteiger charge is -2.09. The van der Waals surface area contributed by atoms with E-state index in [2.05, 4.69) is 36.2 Å². The highest BCUT2D eigenvalue weighted by molar-refractivity contribution is 5.95. The molecular weight excluding hydrogens is 386 g/mol. The van der Waals surface area contributed by atoms with Crippen LogP contribution in [0.2, 0.25) is 0 Å². The number of oxazole rings is 1. The Morgan fingerprint density at radius 2 is 1.74 bits per heavy atom. The fourth-order valence-corrected chi connectivity index (χ4v) is 3.40. The maximum Gasteiger partial charge on any atom is 0.225 e. The minimum absolute atomic E-state index is 0.0608. The smallest absolute Gasteiger partial charge is 0.225 e. The molecule has 4 aromatic rings. The number of carbonyl (C=O) groups excluding carboxylic acids is 1. The number of rotatable bonds is 7. The van der Waals surface area contributed by atoms with E-state index in [4.69, 9.17) is 9.15 Å². The van der Waals surface area contributed by atoms with Gasteiger partial charge in [0.05, 0.1) is 13.3 Å². The van der Waals surface area contributed by atoms with Crippen LogP contribution in [0.3, 0.4) is 0 Å². The first-order chi connectivity index (χ1) is 15.1. The molecule has 31 heavy (non-hydrogen) atoms. The monoisotopic (exact) mass is 409 g/mol. The van der Waals surface area contributed by atoms with Gasteiger partial charge in [-0.1, -0.05) is 48.5 Å². The third-order valence-electron chi connectivity index (χ3n) is 5.14. The number of methoxy groups -OCH3 is 1. The van der Waals surface area contributed by atoms with E-state index in [9.17, 15) is 4.79 Å². The minimum atomic E-state index is 0.0608. The van der Waals surface area contributed by atoms with Gasteiger partial charge in [0.2, 0.25) is 5.89 Å². The zero-order valence-electron chi connectivity index (χ0n) is 17.5. The van der Waals surface area contributed by atoms with E-state index in [1.165, 1.54) is 5.56 Å². The van der Waals surface area contributed by atoms with Crippen LogP contribution in [0.1, 0.15) is 16.7 Å². The van der Waals surface area contributed by atoms with Crippen LogP contribution in [0.5, 0.6) is 5.75 Å². The maximum absolute atomic E-state index is 12.4. The van der Waals surface area contributed by atoms with Crippen molar-refractivity contribution in [2.45, 2.75) is 13.3 Å². The zero-order chi connectivity index (χ0) is 21.6. The molecule has 0 aliphatic carbocycles. The summed E-state index contributed by atoms with van der Waals surface area (Å²) < 4.78 is 10.6.